The van der Waals surface area contributed by atoms with Crippen molar-refractivity contribution in [3.8, 4) is 5.75 Å². The van der Waals surface area contributed by atoms with Crippen molar-refractivity contribution in [1.82, 2.24) is 20.2 Å². The van der Waals surface area contributed by atoms with Crippen LogP contribution in [0.4, 0.5) is 5.69 Å². The Balaban J connectivity index is 1.20. The molecule has 1 amide bonds. The van der Waals surface area contributed by atoms with Gasteiger partial charge in [0.05, 0.1) is 29.6 Å². The second-order valence-electron chi connectivity index (χ2n) is 10.1. The number of amides is 1. The number of benzene rings is 1. The number of nitrogens with zero attached hydrogens (tertiary/aromatic N) is 3. The van der Waals surface area contributed by atoms with Crippen molar-refractivity contribution in [2.45, 2.75) is 18.2 Å². The Bertz CT molecular complexity index is 1280. The average molecular weight is 455 g/mol. The van der Waals surface area contributed by atoms with E-state index in [0.717, 1.165) is 60.6 Å². The van der Waals surface area contributed by atoms with E-state index in [9.17, 15) is 9.59 Å². The molecule has 0 bridgehead atoms. The minimum Gasteiger partial charge on any atom is -0.492 e. The Morgan fingerprint density at radius 2 is 1.94 bits per heavy atom. The number of H-pyrrole nitrogens is 1. The van der Waals surface area contributed by atoms with Crippen molar-refractivity contribution in [2.75, 3.05) is 37.7 Å². The molecular formula is C23H28B3N5O3. The van der Waals surface area contributed by atoms with Crippen LogP contribution in [0.3, 0.4) is 0 Å². The van der Waals surface area contributed by atoms with Crippen molar-refractivity contribution in [2.24, 2.45) is 0 Å². The molecule has 0 radical (unpaired) electrons. The zero-order valence-electron chi connectivity index (χ0n) is 20.0. The van der Waals surface area contributed by atoms with Crippen LogP contribution in [0, 0.1) is 0 Å². The van der Waals surface area contributed by atoms with E-state index in [1.807, 2.05) is 29.6 Å². The van der Waals surface area contributed by atoms with E-state index in [-0.39, 0.29) is 16.7 Å². The maximum Gasteiger partial charge on any atom is 0.268 e. The van der Waals surface area contributed by atoms with Gasteiger partial charge in [0, 0.05) is 44.5 Å². The number of nitrogens with one attached hydrogen (secondary N) is 2. The molecule has 1 aromatic carbocycles. The second-order valence-corrected chi connectivity index (χ2v) is 10.1. The molecule has 4 heterocycles. The van der Waals surface area contributed by atoms with Crippen LogP contribution in [-0.2, 0) is 13.0 Å². The molecular weight excluding hydrogens is 427 g/mol. The molecule has 0 unspecified atom stereocenters. The molecule has 11 heteroatoms. The summed E-state index contributed by atoms with van der Waals surface area (Å²) in [7, 11) is 5.86. The van der Waals surface area contributed by atoms with E-state index in [2.05, 4.69) is 43.3 Å². The monoisotopic (exact) mass is 455 g/mol. The van der Waals surface area contributed by atoms with Crippen LogP contribution in [0.5, 0.6) is 5.75 Å². The van der Waals surface area contributed by atoms with Gasteiger partial charge in [-0.1, -0.05) is 6.07 Å². The minimum atomic E-state index is -0.290. The van der Waals surface area contributed by atoms with Crippen molar-refractivity contribution >= 4 is 46.0 Å². The molecule has 34 heavy (non-hydrogen) atoms. The molecule has 0 saturated carbocycles. The van der Waals surface area contributed by atoms with Crippen LogP contribution in [0.2, 0.25) is 0 Å². The van der Waals surface area contributed by atoms with Gasteiger partial charge in [-0.05, 0) is 35.1 Å². The molecule has 0 aliphatic carbocycles. The highest BCUT2D eigenvalue weighted by Crippen LogP contribution is 2.31. The fourth-order valence-electron chi connectivity index (χ4n) is 4.64. The summed E-state index contributed by atoms with van der Waals surface area (Å²) in [5, 5.41) is 3.63. The molecule has 0 spiro atoms. The lowest BCUT2D eigenvalue weighted by Crippen LogP contribution is -2.50. The van der Waals surface area contributed by atoms with Crippen molar-refractivity contribution in [3.05, 3.63) is 63.7 Å². The van der Waals surface area contributed by atoms with Gasteiger partial charge < -0.3 is 19.9 Å². The summed E-state index contributed by atoms with van der Waals surface area (Å²) in [6, 6.07) is 10.0. The number of aromatic amines is 1. The number of hydrogen-bond donors (Lipinski definition) is 2. The second kappa shape index (κ2) is 8.87. The zero-order valence-corrected chi connectivity index (χ0v) is 20.0. The van der Waals surface area contributed by atoms with E-state index in [1.165, 1.54) is 5.56 Å². The predicted octanol–water partition coefficient (Wildman–Crippen LogP) is -1.58. The third-order valence-corrected chi connectivity index (χ3v) is 6.34. The summed E-state index contributed by atoms with van der Waals surface area (Å²) in [4.78, 5) is 36.8. The Kier molecular flexibility index (Phi) is 5.89. The molecule has 172 valence electrons. The first-order chi connectivity index (χ1) is 16.3. The Morgan fingerprint density at radius 3 is 2.65 bits per heavy atom. The van der Waals surface area contributed by atoms with Crippen LogP contribution in [-0.4, -0.2) is 82.3 Å². The van der Waals surface area contributed by atoms with Gasteiger partial charge in [0.15, 0.2) is 0 Å². The number of rotatable bonds is 5. The molecule has 2 aliphatic heterocycles. The molecule has 8 nitrogen and oxygen atoms in total. The number of hydrogen-bond acceptors (Lipinski definition) is 6. The van der Waals surface area contributed by atoms with Crippen molar-refractivity contribution < 1.29 is 9.53 Å². The fourth-order valence-corrected chi connectivity index (χ4v) is 4.64. The minimum absolute atomic E-state index is 0.0405. The number of fused-ring (bicyclic) bond motifs is 3. The molecule has 2 aromatic heterocycles. The molecule has 2 aliphatic rings. The standard InChI is InChI=1S/C23H28B3N5O3/c24-23(25,26)29-22(33)18-4-2-15(12-27-18)31-8-6-30(7-9-31)13-14-1-3-16-19(11-14)28-21(32)17-5-10-34-20(16)17/h1-4,11-12H,5-10,13,24-26H2,(H,28,32)(H,29,33). The molecule has 1 fully saturated rings. The lowest BCUT2D eigenvalue weighted by atomic mass is 9.49. The Labute approximate surface area is 201 Å². The SMILES string of the molecule is BC(B)(B)NC(=O)c1ccc(N2CCN(Cc3ccc4c5c(c(=O)[nH]c4c3)CCO5)CC2)cn1. The van der Waals surface area contributed by atoms with E-state index in [1.54, 1.807) is 12.3 Å². The van der Waals surface area contributed by atoms with Crippen LogP contribution in [0.1, 0.15) is 21.6 Å². The maximum absolute atomic E-state index is 12.3. The van der Waals surface area contributed by atoms with Gasteiger partial charge in [-0.25, -0.2) is 4.98 Å². The topological polar surface area (TPSA) is 90.6 Å². The lowest BCUT2D eigenvalue weighted by Gasteiger charge is -2.36. The number of carbonyl (C=O) groups excluding carboxylic acids is 1. The van der Waals surface area contributed by atoms with E-state index >= 15 is 0 Å². The molecule has 3 aromatic rings. The Hall–Kier alpha value is -3.20. The first-order valence-corrected chi connectivity index (χ1v) is 11.8. The van der Waals surface area contributed by atoms with Crippen molar-refractivity contribution in [1.29, 1.82) is 0 Å². The third kappa shape index (κ3) is 4.70. The molecule has 0 atom stereocenters. The predicted molar refractivity (Wildman–Crippen MR) is 141 cm³/mol. The third-order valence-electron chi connectivity index (χ3n) is 6.34. The van der Waals surface area contributed by atoms with Gasteiger partial charge in [0.25, 0.3) is 11.5 Å². The van der Waals surface area contributed by atoms with Gasteiger partial charge >= 0.3 is 0 Å². The number of aromatic nitrogens is 2. The lowest BCUT2D eigenvalue weighted by molar-refractivity contribution is 0.0947. The number of anilines is 1. The molecule has 1 saturated heterocycles. The number of piperazine rings is 1. The van der Waals surface area contributed by atoms with Crippen molar-refractivity contribution in [3.63, 3.8) is 0 Å². The average Bonchev–Trinajstić information content (AvgIpc) is 3.30. The summed E-state index contributed by atoms with van der Waals surface area (Å²) in [6.45, 7) is 5.03. The quantitative estimate of drug-likeness (QED) is 0.452. The van der Waals surface area contributed by atoms with Crippen LogP contribution in [0.15, 0.2) is 41.3 Å². The summed E-state index contributed by atoms with van der Waals surface area (Å²) in [5.41, 5.74) is 4.19. The zero-order chi connectivity index (χ0) is 23.9. The highest BCUT2D eigenvalue weighted by atomic mass is 16.5. The number of ether oxygens (including phenoxy) is 1. The molecule has 2 N–H and O–H groups in total. The summed E-state index contributed by atoms with van der Waals surface area (Å²) >= 11 is 0. The van der Waals surface area contributed by atoms with E-state index < -0.39 is 0 Å². The Morgan fingerprint density at radius 1 is 1.15 bits per heavy atom. The largest absolute Gasteiger partial charge is 0.492 e. The summed E-state index contributed by atoms with van der Waals surface area (Å²) in [5.74, 6) is 0.589. The van der Waals surface area contributed by atoms with Crippen LogP contribution >= 0.6 is 0 Å². The maximum atomic E-state index is 12.3. The highest BCUT2D eigenvalue weighted by Gasteiger charge is 2.22. The number of pyridine rings is 2. The molecule has 5 rings (SSSR count). The fraction of sp³-hybridized carbons (Fsp3) is 0.348. The van der Waals surface area contributed by atoms with Gasteiger partial charge in [-0.3, -0.25) is 14.5 Å². The van der Waals surface area contributed by atoms with E-state index in [4.69, 9.17) is 4.74 Å². The summed E-state index contributed by atoms with van der Waals surface area (Å²) in [6.07, 6.45) is 2.46. The highest BCUT2D eigenvalue weighted by molar-refractivity contribution is 6.60. The van der Waals surface area contributed by atoms with E-state index in [0.29, 0.717) is 18.7 Å². The first kappa shape index (κ1) is 22.6. The van der Waals surface area contributed by atoms with Crippen LogP contribution < -0.4 is 20.5 Å². The van der Waals surface area contributed by atoms with Gasteiger partial charge in [0.1, 0.15) is 35.0 Å². The van der Waals surface area contributed by atoms with Gasteiger partial charge in [0.2, 0.25) is 0 Å². The van der Waals surface area contributed by atoms with Gasteiger partial charge in [-0.15, -0.1) is 0 Å². The van der Waals surface area contributed by atoms with Gasteiger partial charge in [-0.2, -0.15) is 0 Å². The number of carbonyl (C=O) groups is 1. The first-order valence-electron chi connectivity index (χ1n) is 11.8. The normalized spacial score (nSPS) is 16.3. The smallest absolute Gasteiger partial charge is 0.268 e. The van der Waals surface area contributed by atoms with Crippen LogP contribution in [0.25, 0.3) is 10.9 Å². The summed E-state index contributed by atoms with van der Waals surface area (Å²) < 4.78 is 5.71.